The van der Waals surface area contributed by atoms with E-state index >= 15 is 0 Å². The highest BCUT2D eigenvalue weighted by atomic mass is 19.2. The van der Waals surface area contributed by atoms with Gasteiger partial charge < -0.3 is 25.0 Å². The molecule has 0 aliphatic rings. The fourth-order valence-corrected chi connectivity index (χ4v) is 1.95. The summed E-state index contributed by atoms with van der Waals surface area (Å²) in [5, 5.41) is 21.8. The van der Waals surface area contributed by atoms with E-state index in [1.165, 1.54) is 31.4 Å². The van der Waals surface area contributed by atoms with E-state index in [4.69, 9.17) is 9.47 Å². The summed E-state index contributed by atoms with van der Waals surface area (Å²) in [7, 11) is 1.36. The summed E-state index contributed by atoms with van der Waals surface area (Å²) in [6.07, 6.45) is -1.06. The van der Waals surface area contributed by atoms with Crippen LogP contribution in [-0.2, 0) is 0 Å². The van der Waals surface area contributed by atoms with Gasteiger partial charge in [0, 0.05) is 18.2 Å². The van der Waals surface area contributed by atoms with Crippen molar-refractivity contribution in [1.82, 2.24) is 5.32 Å². The van der Waals surface area contributed by atoms with E-state index in [1.807, 2.05) is 0 Å². The van der Waals surface area contributed by atoms with Crippen molar-refractivity contribution >= 4 is 5.91 Å². The zero-order valence-corrected chi connectivity index (χ0v) is 13.3. The minimum Gasteiger partial charge on any atom is -0.504 e. The monoisotopic (exact) mass is 353 g/mol. The molecule has 2 aromatic carbocycles. The standard InChI is InChI=1S/C17H17F2NO5/c1-24-16-6-10(2-5-15(16)22)17(23)20-8-11(21)9-25-12-3-4-13(18)14(19)7-12/h2-7,11,21-22H,8-9H2,1H3,(H,20,23). The number of phenols is 1. The van der Waals surface area contributed by atoms with Crippen molar-refractivity contribution in [3.63, 3.8) is 0 Å². The highest BCUT2D eigenvalue weighted by Crippen LogP contribution is 2.26. The number of amides is 1. The first-order valence-electron chi connectivity index (χ1n) is 7.32. The van der Waals surface area contributed by atoms with Crippen LogP contribution < -0.4 is 14.8 Å². The summed E-state index contributed by atoms with van der Waals surface area (Å²) >= 11 is 0. The number of phenolic OH excluding ortho intramolecular Hbond substituents is 1. The van der Waals surface area contributed by atoms with Gasteiger partial charge in [0.05, 0.1) is 7.11 Å². The van der Waals surface area contributed by atoms with Gasteiger partial charge in [0.25, 0.3) is 5.91 Å². The number of aromatic hydroxyl groups is 1. The Bertz CT molecular complexity index is 754. The zero-order chi connectivity index (χ0) is 18.4. The Balaban J connectivity index is 1.83. The Morgan fingerprint density at radius 1 is 1.20 bits per heavy atom. The number of rotatable bonds is 7. The second-order valence-electron chi connectivity index (χ2n) is 5.14. The first kappa shape index (κ1) is 18.5. The fraction of sp³-hybridized carbons (Fsp3) is 0.235. The van der Waals surface area contributed by atoms with Gasteiger partial charge in [-0.3, -0.25) is 4.79 Å². The Morgan fingerprint density at radius 2 is 1.96 bits per heavy atom. The number of methoxy groups -OCH3 is 1. The van der Waals surface area contributed by atoms with Crippen LogP contribution in [0.2, 0.25) is 0 Å². The van der Waals surface area contributed by atoms with Crippen molar-refractivity contribution in [1.29, 1.82) is 0 Å². The van der Waals surface area contributed by atoms with Gasteiger partial charge in [-0.1, -0.05) is 0 Å². The molecule has 2 rings (SSSR count). The Morgan fingerprint density at radius 3 is 2.64 bits per heavy atom. The fourth-order valence-electron chi connectivity index (χ4n) is 1.95. The smallest absolute Gasteiger partial charge is 0.251 e. The van der Waals surface area contributed by atoms with E-state index in [2.05, 4.69) is 5.32 Å². The topological polar surface area (TPSA) is 88.0 Å². The van der Waals surface area contributed by atoms with E-state index in [0.717, 1.165) is 12.1 Å². The maximum Gasteiger partial charge on any atom is 0.251 e. The van der Waals surface area contributed by atoms with Crippen molar-refractivity contribution in [3.8, 4) is 17.2 Å². The van der Waals surface area contributed by atoms with Crippen LogP contribution in [0.5, 0.6) is 17.2 Å². The number of hydrogen-bond acceptors (Lipinski definition) is 5. The van der Waals surface area contributed by atoms with Gasteiger partial charge >= 0.3 is 0 Å². The van der Waals surface area contributed by atoms with Crippen molar-refractivity contribution < 1.29 is 33.3 Å². The molecule has 6 nitrogen and oxygen atoms in total. The van der Waals surface area contributed by atoms with Gasteiger partial charge in [-0.15, -0.1) is 0 Å². The molecule has 134 valence electrons. The van der Waals surface area contributed by atoms with Crippen LogP contribution in [0.1, 0.15) is 10.4 Å². The molecule has 0 saturated heterocycles. The van der Waals surface area contributed by atoms with Crippen LogP contribution >= 0.6 is 0 Å². The molecule has 0 saturated carbocycles. The zero-order valence-electron chi connectivity index (χ0n) is 13.3. The molecule has 0 aliphatic heterocycles. The maximum atomic E-state index is 13.0. The number of halogens is 2. The summed E-state index contributed by atoms with van der Waals surface area (Å²) in [6, 6.07) is 7.08. The largest absolute Gasteiger partial charge is 0.504 e. The molecule has 0 aliphatic carbocycles. The summed E-state index contributed by atoms with van der Waals surface area (Å²) in [4.78, 5) is 12.0. The summed E-state index contributed by atoms with van der Waals surface area (Å²) in [5.41, 5.74) is 0.239. The highest BCUT2D eigenvalue weighted by Gasteiger charge is 2.12. The maximum absolute atomic E-state index is 13.0. The molecule has 0 fully saturated rings. The third-order valence-corrected chi connectivity index (χ3v) is 3.27. The van der Waals surface area contributed by atoms with Gasteiger partial charge in [-0.2, -0.15) is 0 Å². The molecule has 1 unspecified atom stereocenters. The van der Waals surface area contributed by atoms with Gasteiger partial charge in [0.15, 0.2) is 23.1 Å². The molecule has 0 spiro atoms. The lowest BCUT2D eigenvalue weighted by molar-refractivity contribution is 0.0843. The first-order valence-corrected chi connectivity index (χ1v) is 7.32. The third-order valence-electron chi connectivity index (χ3n) is 3.27. The van der Waals surface area contributed by atoms with E-state index < -0.39 is 23.6 Å². The van der Waals surface area contributed by atoms with Gasteiger partial charge in [0.1, 0.15) is 18.5 Å². The summed E-state index contributed by atoms with van der Waals surface area (Å²) in [6.45, 7) is -0.337. The van der Waals surface area contributed by atoms with Crippen molar-refractivity contribution in [2.24, 2.45) is 0 Å². The molecule has 1 atom stereocenters. The minimum absolute atomic E-state index is 0.0625. The number of carbonyl (C=O) groups is 1. The average Bonchev–Trinajstić information content (AvgIpc) is 2.61. The molecule has 0 radical (unpaired) electrons. The van der Waals surface area contributed by atoms with Crippen LogP contribution in [0.3, 0.4) is 0 Å². The Kier molecular flexibility index (Phi) is 6.13. The molecule has 25 heavy (non-hydrogen) atoms. The first-order chi connectivity index (χ1) is 11.9. The van der Waals surface area contributed by atoms with Crippen LogP contribution in [0.15, 0.2) is 36.4 Å². The predicted molar refractivity (Wildman–Crippen MR) is 84.9 cm³/mol. The minimum atomic E-state index is -1.06. The molecular formula is C17H17F2NO5. The molecule has 0 bridgehead atoms. The van der Waals surface area contributed by atoms with Crippen LogP contribution in [0.25, 0.3) is 0 Å². The van der Waals surface area contributed by atoms with E-state index in [0.29, 0.717) is 0 Å². The number of hydrogen-bond donors (Lipinski definition) is 3. The molecule has 8 heteroatoms. The van der Waals surface area contributed by atoms with E-state index in [-0.39, 0.29) is 36.0 Å². The third kappa shape index (κ3) is 5.05. The lowest BCUT2D eigenvalue weighted by atomic mass is 10.2. The second kappa shape index (κ2) is 8.29. The Labute approximate surface area is 142 Å². The number of ether oxygens (including phenoxy) is 2. The number of benzene rings is 2. The lowest BCUT2D eigenvalue weighted by Crippen LogP contribution is -2.35. The molecule has 0 heterocycles. The summed E-state index contributed by atoms with van der Waals surface area (Å²) < 4.78 is 35.9. The SMILES string of the molecule is COc1cc(C(=O)NCC(O)COc2ccc(F)c(F)c2)ccc1O. The van der Waals surface area contributed by atoms with Crippen molar-refractivity contribution in [2.45, 2.75) is 6.10 Å². The van der Waals surface area contributed by atoms with Crippen LogP contribution in [0, 0.1) is 11.6 Å². The number of carbonyl (C=O) groups excluding carboxylic acids is 1. The van der Waals surface area contributed by atoms with Gasteiger partial charge in [0.2, 0.25) is 0 Å². The molecule has 2 aromatic rings. The van der Waals surface area contributed by atoms with Gasteiger partial charge in [-0.05, 0) is 30.3 Å². The Hall–Kier alpha value is -2.87. The normalized spacial score (nSPS) is 11.7. The molecule has 1 amide bonds. The molecular weight excluding hydrogens is 336 g/mol. The van der Waals surface area contributed by atoms with Crippen LogP contribution in [0.4, 0.5) is 8.78 Å². The highest BCUT2D eigenvalue weighted by molar-refractivity contribution is 5.94. The van der Waals surface area contributed by atoms with Gasteiger partial charge in [-0.25, -0.2) is 8.78 Å². The van der Waals surface area contributed by atoms with Crippen molar-refractivity contribution in [2.75, 3.05) is 20.3 Å². The quantitative estimate of drug-likeness (QED) is 0.707. The number of aliphatic hydroxyl groups is 1. The number of nitrogens with one attached hydrogen (secondary N) is 1. The molecule has 3 N–H and O–H groups in total. The predicted octanol–water partition coefficient (Wildman–Crippen LogP) is 1.85. The van der Waals surface area contributed by atoms with E-state index in [1.54, 1.807) is 0 Å². The molecule has 0 aromatic heterocycles. The number of aliphatic hydroxyl groups excluding tert-OH is 1. The van der Waals surface area contributed by atoms with E-state index in [9.17, 15) is 23.8 Å². The van der Waals surface area contributed by atoms with Crippen LogP contribution in [-0.4, -0.2) is 42.5 Å². The average molecular weight is 353 g/mol. The summed E-state index contributed by atoms with van der Waals surface area (Å²) in [5.74, 6) is -2.42. The lowest BCUT2D eigenvalue weighted by Gasteiger charge is -2.14. The van der Waals surface area contributed by atoms with Crippen molar-refractivity contribution in [3.05, 3.63) is 53.6 Å². The second-order valence-corrected chi connectivity index (χ2v) is 5.14.